The Hall–Kier alpha value is -4.29. The van der Waals surface area contributed by atoms with Gasteiger partial charge in [0.25, 0.3) is 0 Å². The highest BCUT2D eigenvalue weighted by molar-refractivity contribution is 5.97. The minimum atomic E-state index is -0.721. The van der Waals surface area contributed by atoms with Crippen LogP contribution in [0.2, 0.25) is 0 Å². The summed E-state index contributed by atoms with van der Waals surface area (Å²) in [5.41, 5.74) is 1.43. The van der Waals surface area contributed by atoms with Crippen molar-refractivity contribution < 1.29 is 33.4 Å². The monoisotopic (exact) mass is 808 g/mol. The molecule has 12 heteroatoms. The number of rotatable bonds is 27. The molecule has 0 bridgehead atoms. The molecule has 1 atom stereocenters. The molecular weight excluding hydrogens is 735 g/mol. The van der Waals surface area contributed by atoms with Crippen molar-refractivity contribution in [3.05, 3.63) is 65.7 Å². The van der Waals surface area contributed by atoms with Gasteiger partial charge in [-0.15, -0.1) is 0 Å². The molecule has 0 aliphatic heterocycles. The molecule has 0 heterocycles. The number of amides is 3. The van der Waals surface area contributed by atoms with Gasteiger partial charge in [-0.05, 0) is 137 Å². The topological polar surface area (TPSA) is 148 Å². The summed E-state index contributed by atoms with van der Waals surface area (Å²) in [5, 5.41) is 9.06. The Balaban J connectivity index is 1.74. The summed E-state index contributed by atoms with van der Waals surface area (Å²) in [6, 6.07) is 17.0. The number of nitrogens with one attached hydrogen (secondary N) is 3. The van der Waals surface area contributed by atoms with Crippen LogP contribution in [0.15, 0.2) is 59.6 Å². The quantitative estimate of drug-likeness (QED) is 0.0458. The number of aryl methyl sites for hydroxylation is 1. The SMILES string of the molecule is CCCCN(CCCNC(=O)[C@H](CCCCCC(C)=NC(=O)OC(C)(C)C)NC(=O)OC(C)(C)C)CCOc1ccc(CCCCNCC(=O)c2ccccc2)cc1. The lowest BCUT2D eigenvalue weighted by Gasteiger charge is -2.24. The van der Waals surface area contributed by atoms with Gasteiger partial charge in [0.15, 0.2) is 5.78 Å². The Morgan fingerprint density at radius 3 is 2.12 bits per heavy atom. The van der Waals surface area contributed by atoms with Crippen LogP contribution in [0, 0.1) is 0 Å². The van der Waals surface area contributed by atoms with Crippen LogP contribution in [0.3, 0.4) is 0 Å². The summed E-state index contributed by atoms with van der Waals surface area (Å²) in [4.78, 5) is 56.5. The molecule has 0 saturated carbocycles. The highest BCUT2D eigenvalue weighted by Gasteiger charge is 2.24. The molecular formula is C46H73N5O7. The highest BCUT2D eigenvalue weighted by Crippen LogP contribution is 2.15. The number of Topliss-reactive ketones (excluding diaryl/α,β-unsaturated/α-hetero) is 1. The van der Waals surface area contributed by atoms with Gasteiger partial charge >= 0.3 is 12.2 Å². The number of ketones is 1. The Labute approximate surface area is 348 Å². The number of unbranched alkanes of at least 4 members (excludes halogenated alkanes) is 4. The average Bonchev–Trinajstić information content (AvgIpc) is 3.15. The van der Waals surface area contributed by atoms with Crippen LogP contribution in [-0.4, -0.2) is 97.6 Å². The number of carbonyl (C=O) groups excluding carboxylic acids is 4. The highest BCUT2D eigenvalue weighted by atomic mass is 16.6. The van der Waals surface area contributed by atoms with Gasteiger partial charge in [0, 0.05) is 24.4 Å². The van der Waals surface area contributed by atoms with E-state index in [1.807, 2.05) is 49.4 Å². The van der Waals surface area contributed by atoms with Gasteiger partial charge in [-0.2, -0.15) is 4.99 Å². The zero-order valence-electron chi connectivity index (χ0n) is 36.8. The van der Waals surface area contributed by atoms with Crippen LogP contribution in [-0.2, 0) is 20.7 Å². The fraction of sp³-hybridized carbons (Fsp3) is 0.630. The van der Waals surface area contributed by atoms with E-state index in [-0.39, 0.29) is 11.7 Å². The molecule has 0 aliphatic carbocycles. The van der Waals surface area contributed by atoms with Crippen LogP contribution in [0.5, 0.6) is 5.75 Å². The maximum Gasteiger partial charge on any atom is 0.434 e. The number of alkyl carbamates (subject to hydrolysis) is 1. The van der Waals surface area contributed by atoms with E-state index >= 15 is 0 Å². The first-order valence-electron chi connectivity index (χ1n) is 21.3. The number of ether oxygens (including phenoxy) is 3. The molecule has 324 valence electrons. The van der Waals surface area contributed by atoms with Gasteiger partial charge in [0.05, 0.1) is 6.54 Å². The third kappa shape index (κ3) is 24.5. The van der Waals surface area contributed by atoms with Crippen LogP contribution >= 0.6 is 0 Å². The summed E-state index contributed by atoms with van der Waals surface area (Å²) < 4.78 is 16.8. The van der Waals surface area contributed by atoms with E-state index in [0.29, 0.717) is 44.7 Å². The molecule has 3 amide bonds. The van der Waals surface area contributed by atoms with Gasteiger partial charge in [-0.25, -0.2) is 9.59 Å². The lowest BCUT2D eigenvalue weighted by atomic mass is 10.1. The Morgan fingerprint density at radius 1 is 0.759 bits per heavy atom. The Kier molecular flexibility index (Phi) is 23.6. The number of carbonyl (C=O) groups is 4. The van der Waals surface area contributed by atoms with Crippen molar-refractivity contribution in [2.45, 2.75) is 143 Å². The standard InChI is InChI=1S/C46H73N5O7/c1-9-10-31-51(33-34-56-39-27-25-37(26-28-39)21-17-18-29-47-35-41(52)38-22-14-12-15-23-38)32-19-30-48-42(53)40(50-44(55)58-46(6,7)8)24-16-11-13-20-36(2)49-43(54)57-45(3,4)5/h12,14-15,22-23,25-28,40,47H,9-11,13,16-21,24,29-35H2,1-8H3,(H,48,53)(H,50,55)/t40-/m0/s1. The summed E-state index contributed by atoms with van der Waals surface area (Å²) in [5.74, 6) is 0.734. The van der Waals surface area contributed by atoms with E-state index in [9.17, 15) is 19.2 Å². The van der Waals surface area contributed by atoms with E-state index in [4.69, 9.17) is 14.2 Å². The first-order chi connectivity index (χ1) is 27.5. The summed E-state index contributed by atoms with van der Waals surface area (Å²) in [6.45, 7) is 19.5. The van der Waals surface area contributed by atoms with Crippen molar-refractivity contribution in [1.82, 2.24) is 20.9 Å². The molecule has 0 fully saturated rings. The van der Waals surface area contributed by atoms with E-state index in [0.717, 1.165) is 88.9 Å². The van der Waals surface area contributed by atoms with Crippen molar-refractivity contribution in [3.8, 4) is 5.75 Å². The molecule has 0 saturated heterocycles. The number of benzene rings is 2. The molecule has 2 aromatic carbocycles. The number of hydrogen-bond acceptors (Lipinski definition) is 9. The first-order valence-corrected chi connectivity index (χ1v) is 21.3. The largest absolute Gasteiger partial charge is 0.492 e. The molecule has 0 aliphatic rings. The molecule has 0 radical (unpaired) electrons. The second kappa shape index (κ2) is 27.4. The Bertz CT molecular complexity index is 1520. The lowest BCUT2D eigenvalue weighted by molar-refractivity contribution is -0.123. The van der Waals surface area contributed by atoms with Crippen LogP contribution < -0.4 is 20.7 Å². The van der Waals surface area contributed by atoms with Gasteiger partial charge < -0.3 is 30.2 Å². The lowest BCUT2D eigenvalue weighted by Crippen LogP contribution is -2.48. The van der Waals surface area contributed by atoms with Gasteiger partial charge in [-0.3, -0.25) is 14.5 Å². The maximum atomic E-state index is 13.3. The summed E-state index contributed by atoms with van der Waals surface area (Å²) >= 11 is 0. The zero-order chi connectivity index (χ0) is 42.8. The van der Waals surface area contributed by atoms with Crippen molar-refractivity contribution in [2.75, 3.05) is 45.9 Å². The normalized spacial score (nSPS) is 12.5. The molecule has 0 aromatic heterocycles. The summed E-state index contributed by atoms with van der Waals surface area (Å²) in [6.07, 6.45) is 8.14. The fourth-order valence-electron chi connectivity index (χ4n) is 6.03. The first kappa shape index (κ1) is 49.9. The Morgan fingerprint density at radius 2 is 1.45 bits per heavy atom. The van der Waals surface area contributed by atoms with Crippen LogP contribution in [0.25, 0.3) is 0 Å². The van der Waals surface area contributed by atoms with Crippen LogP contribution in [0.4, 0.5) is 9.59 Å². The minimum Gasteiger partial charge on any atom is -0.492 e. The molecule has 2 rings (SSSR count). The third-order valence-electron chi connectivity index (χ3n) is 9.04. The molecule has 3 N–H and O–H groups in total. The van der Waals surface area contributed by atoms with E-state index in [1.165, 1.54) is 5.56 Å². The average molecular weight is 808 g/mol. The van der Waals surface area contributed by atoms with E-state index < -0.39 is 29.4 Å². The molecule has 2 aromatic rings. The van der Waals surface area contributed by atoms with Gasteiger partial charge in [0.2, 0.25) is 5.91 Å². The third-order valence-corrected chi connectivity index (χ3v) is 9.04. The van der Waals surface area contributed by atoms with Gasteiger partial charge in [-0.1, -0.05) is 68.7 Å². The predicted octanol–water partition coefficient (Wildman–Crippen LogP) is 8.71. The molecule has 58 heavy (non-hydrogen) atoms. The van der Waals surface area contributed by atoms with E-state index in [2.05, 4.69) is 44.9 Å². The number of aliphatic imine (C=N–C) groups is 1. The molecule has 0 unspecified atom stereocenters. The van der Waals surface area contributed by atoms with Gasteiger partial charge in [0.1, 0.15) is 29.6 Å². The van der Waals surface area contributed by atoms with Crippen molar-refractivity contribution in [3.63, 3.8) is 0 Å². The molecule has 12 nitrogen and oxygen atoms in total. The summed E-state index contributed by atoms with van der Waals surface area (Å²) in [7, 11) is 0. The van der Waals surface area contributed by atoms with Crippen molar-refractivity contribution in [2.24, 2.45) is 4.99 Å². The number of nitrogens with zero attached hydrogens (tertiary/aromatic N) is 2. The fourth-order valence-corrected chi connectivity index (χ4v) is 6.03. The smallest absolute Gasteiger partial charge is 0.434 e. The van der Waals surface area contributed by atoms with Crippen molar-refractivity contribution >= 4 is 29.6 Å². The zero-order valence-corrected chi connectivity index (χ0v) is 36.8. The van der Waals surface area contributed by atoms with Crippen LogP contribution in [0.1, 0.15) is 136 Å². The molecule has 0 spiro atoms. The minimum absolute atomic E-state index is 0.116. The predicted molar refractivity (Wildman–Crippen MR) is 233 cm³/mol. The second-order valence-corrected chi connectivity index (χ2v) is 16.9. The number of hydrogen-bond donors (Lipinski definition) is 3. The van der Waals surface area contributed by atoms with E-state index in [1.54, 1.807) is 41.5 Å². The maximum absolute atomic E-state index is 13.3. The van der Waals surface area contributed by atoms with Crippen molar-refractivity contribution in [1.29, 1.82) is 0 Å². The second-order valence-electron chi connectivity index (χ2n) is 16.9.